The quantitative estimate of drug-likeness (QED) is 0.872. The molecular formula is C14H18BrNO2. The van der Waals surface area contributed by atoms with Crippen LogP contribution in [0.4, 0.5) is 0 Å². The number of hydrogen-bond donors (Lipinski definition) is 1. The Labute approximate surface area is 116 Å². The Bertz CT molecular complexity index is 418. The Morgan fingerprint density at radius 2 is 2.11 bits per heavy atom. The summed E-state index contributed by atoms with van der Waals surface area (Å²) in [5, 5.41) is 9.66. The largest absolute Gasteiger partial charge is 0.392 e. The number of nitrogens with zero attached hydrogens (tertiary/aromatic N) is 1. The summed E-state index contributed by atoms with van der Waals surface area (Å²) < 4.78 is 0.972. The van der Waals surface area contributed by atoms with Gasteiger partial charge in [-0.15, -0.1) is 0 Å². The van der Waals surface area contributed by atoms with E-state index >= 15 is 0 Å². The van der Waals surface area contributed by atoms with E-state index in [2.05, 4.69) is 20.8 Å². The predicted octanol–water partition coefficient (Wildman–Crippen LogP) is 2.48. The molecule has 1 fully saturated rings. The van der Waals surface area contributed by atoms with Crippen LogP contribution < -0.4 is 0 Å². The highest BCUT2D eigenvalue weighted by Crippen LogP contribution is 2.17. The molecule has 0 aliphatic carbocycles. The van der Waals surface area contributed by atoms with E-state index in [1.54, 1.807) is 0 Å². The highest BCUT2D eigenvalue weighted by atomic mass is 79.9. The van der Waals surface area contributed by atoms with Gasteiger partial charge in [0.1, 0.15) is 0 Å². The average molecular weight is 312 g/mol. The third kappa shape index (κ3) is 3.19. The fourth-order valence-electron chi connectivity index (χ4n) is 2.36. The zero-order chi connectivity index (χ0) is 13.1. The van der Waals surface area contributed by atoms with Crippen LogP contribution >= 0.6 is 15.9 Å². The van der Waals surface area contributed by atoms with Crippen molar-refractivity contribution in [3.05, 3.63) is 34.3 Å². The maximum Gasteiger partial charge on any atom is 0.179 e. The lowest BCUT2D eigenvalue weighted by molar-refractivity contribution is 0.0454. The summed E-state index contributed by atoms with van der Waals surface area (Å²) in [4.78, 5) is 14.4. The molecule has 1 N–H and O–H groups in total. The van der Waals surface area contributed by atoms with Gasteiger partial charge in [-0.3, -0.25) is 9.69 Å². The Morgan fingerprint density at radius 3 is 2.72 bits per heavy atom. The number of carbonyl (C=O) groups excluding carboxylic acids is 1. The lowest BCUT2D eigenvalue weighted by Crippen LogP contribution is -2.46. The van der Waals surface area contributed by atoms with E-state index in [0.717, 1.165) is 29.4 Å². The van der Waals surface area contributed by atoms with E-state index in [1.807, 2.05) is 31.2 Å². The predicted molar refractivity (Wildman–Crippen MR) is 74.7 cm³/mol. The van der Waals surface area contributed by atoms with Gasteiger partial charge >= 0.3 is 0 Å². The highest BCUT2D eigenvalue weighted by Gasteiger charge is 2.26. The number of Topliss-reactive ketones (excluding diaryl/α,β-unsaturated/α-hetero) is 1. The number of aliphatic hydroxyl groups is 1. The number of piperidine rings is 1. The van der Waals surface area contributed by atoms with Crippen LogP contribution in [-0.2, 0) is 0 Å². The molecule has 1 saturated heterocycles. The monoisotopic (exact) mass is 311 g/mol. The molecule has 0 amide bonds. The Morgan fingerprint density at radius 1 is 1.44 bits per heavy atom. The lowest BCUT2D eigenvalue weighted by Gasteiger charge is -2.34. The molecule has 0 bridgehead atoms. The van der Waals surface area contributed by atoms with Gasteiger partial charge in [0.2, 0.25) is 0 Å². The second kappa shape index (κ2) is 5.95. The highest BCUT2D eigenvalue weighted by molar-refractivity contribution is 9.10. The molecule has 1 aliphatic heterocycles. The first-order valence-corrected chi connectivity index (χ1v) is 7.09. The number of hydrogen-bond acceptors (Lipinski definition) is 3. The summed E-state index contributed by atoms with van der Waals surface area (Å²) in [6, 6.07) is 7.27. The van der Waals surface area contributed by atoms with Crippen LogP contribution in [0.25, 0.3) is 0 Å². The number of carbonyl (C=O) groups is 1. The van der Waals surface area contributed by atoms with Crippen LogP contribution in [0.15, 0.2) is 28.7 Å². The van der Waals surface area contributed by atoms with Crippen LogP contribution in [0, 0.1) is 0 Å². The Hall–Kier alpha value is -0.710. The van der Waals surface area contributed by atoms with Crippen molar-refractivity contribution in [3.63, 3.8) is 0 Å². The van der Waals surface area contributed by atoms with E-state index in [4.69, 9.17) is 0 Å². The van der Waals surface area contributed by atoms with Gasteiger partial charge in [-0.05, 0) is 38.4 Å². The van der Waals surface area contributed by atoms with Crippen molar-refractivity contribution in [3.8, 4) is 0 Å². The molecule has 4 heteroatoms. The average Bonchev–Trinajstić information content (AvgIpc) is 2.38. The SMILES string of the molecule is CC(C(=O)c1ccc(Br)cc1)N1CCCC(O)C1. The summed E-state index contributed by atoms with van der Waals surface area (Å²) >= 11 is 3.36. The molecule has 0 aromatic heterocycles. The molecule has 18 heavy (non-hydrogen) atoms. The first kappa shape index (κ1) is 13.7. The van der Waals surface area contributed by atoms with Gasteiger partial charge in [-0.25, -0.2) is 0 Å². The second-order valence-corrected chi connectivity index (χ2v) is 5.75. The first-order valence-electron chi connectivity index (χ1n) is 6.30. The molecule has 2 atom stereocenters. The zero-order valence-corrected chi connectivity index (χ0v) is 12.1. The number of likely N-dealkylation sites (tertiary alicyclic amines) is 1. The molecule has 0 spiro atoms. The van der Waals surface area contributed by atoms with Crippen molar-refractivity contribution >= 4 is 21.7 Å². The van der Waals surface area contributed by atoms with Crippen LogP contribution in [0.5, 0.6) is 0 Å². The van der Waals surface area contributed by atoms with Gasteiger partial charge in [-0.2, -0.15) is 0 Å². The molecule has 0 radical (unpaired) electrons. The van der Waals surface area contributed by atoms with E-state index < -0.39 is 0 Å². The fraction of sp³-hybridized carbons (Fsp3) is 0.500. The fourth-order valence-corrected chi connectivity index (χ4v) is 2.62. The van der Waals surface area contributed by atoms with Gasteiger partial charge in [0, 0.05) is 16.6 Å². The van der Waals surface area contributed by atoms with Gasteiger partial charge in [0.15, 0.2) is 5.78 Å². The van der Waals surface area contributed by atoms with E-state index in [1.165, 1.54) is 0 Å². The van der Waals surface area contributed by atoms with Crippen molar-refractivity contribution in [2.45, 2.75) is 31.9 Å². The second-order valence-electron chi connectivity index (χ2n) is 4.84. The van der Waals surface area contributed by atoms with Crippen molar-refractivity contribution in [1.82, 2.24) is 4.90 Å². The number of ketones is 1. The summed E-state index contributed by atoms with van der Waals surface area (Å²) in [7, 11) is 0. The van der Waals surface area contributed by atoms with Crippen molar-refractivity contribution in [2.24, 2.45) is 0 Å². The smallest absolute Gasteiger partial charge is 0.179 e. The Kier molecular flexibility index (Phi) is 4.54. The first-order chi connectivity index (χ1) is 8.58. The number of benzene rings is 1. The van der Waals surface area contributed by atoms with E-state index in [0.29, 0.717) is 6.54 Å². The molecule has 0 saturated carbocycles. The van der Waals surface area contributed by atoms with Gasteiger partial charge < -0.3 is 5.11 Å². The molecule has 1 aromatic rings. The molecule has 3 nitrogen and oxygen atoms in total. The number of aliphatic hydroxyl groups excluding tert-OH is 1. The van der Waals surface area contributed by atoms with Crippen LogP contribution in [0.3, 0.4) is 0 Å². The van der Waals surface area contributed by atoms with Crippen LogP contribution in [-0.4, -0.2) is 41.0 Å². The molecular weight excluding hydrogens is 294 g/mol. The number of β-amino-alcohol motifs (C(OH)–C–C–N with tert-alkyl or cyclic N) is 1. The minimum Gasteiger partial charge on any atom is -0.392 e. The van der Waals surface area contributed by atoms with E-state index in [9.17, 15) is 9.90 Å². The molecule has 2 rings (SSSR count). The topological polar surface area (TPSA) is 40.5 Å². The molecule has 1 heterocycles. The summed E-state index contributed by atoms with van der Waals surface area (Å²) in [6.45, 7) is 3.41. The minimum absolute atomic E-state index is 0.122. The van der Waals surface area contributed by atoms with Crippen molar-refractivity contribution < 1.29 is 9.90 Å². The number of halogens is 1. The summed E-state index contributed by atoms with van der Waals surface area (Å²) in [6.07, 6.45) is 1.51. The maximum atomic E-state index is 12.3. The summed E-state index contributed by atoms with van der Waals surface area (Å²) in [5.74, 6) is 0.122. The maximum absolute atomic E-state index is 12.3. The molecule has 1 aromatic carbocycles. The van der Waals surface area contributed by atoms with Gasteiger partial charge in [0.05, 0.1) is 12.1 Å². The van der Waals surface area contributed by atoms with Gasteiger partial charge in [-0.1, -0.05) is 28.1 Å². The van der Waals surface area contributed by atoms with Crippen LogP contribution in [0.1, 0.15) is 30.1 Å². The molecule has 1 aliphatic rings. The molecule has 2 unspecified atom stereocenters. The number of rotatable bonds is 3. The third-order valence-corrected chi connectivity index (χ3v) is 4.01. The van der Waals surface area contributed by atoms with E-state index in [-0.39, 0.29) is 17.9 Å². The minimum atomic E-state index is -0.293. The van der Waals surface area contributed by atoms with Crippen molar-refractivity contribution in [2.75, 3.05) is 13.1 Å². The normalized spacial score (nSPS) is 22.7. The third-order valence-electron chi connectivity index (χ3n) is 3.48. The van der Waals surface area contributed by atoms with Crippen molar-refractivity contribution in [1.29, 1.82) is 0 Å². The zero-order valence-electron chi connectivity index (χ0n) is 10.5. The Balaban J connectivity index is 2.06. The van der Waals surface area contributed by atoms with Gasteiger partial charge in [0.25, 0.3) is 0 Å². The van der Waals surface area contributed by atoms with Crippen LogP contribution in [0.2, 0.25) is 0 Å². The lowest BCUT2D eigenvalue weighted by atomic mass is 10.0. The summed E-state index contributed by atoms with van der Waals surface area (Å²) in [5.41, 5.74) is 0.728. The standard InChI is InChI=1S/C14H18BrNO2/c1-10(16-8-2-3-13(17)9-16)14(18)11-4-6-12(15)7-5-11/h4-7,10,13,17H,2-3,8-9H2,1H3. The molecule has 98 valence electrons.